The number of halogens is 3. The quantitative estimate of drug-likeness (QED) is 0.442. The third kappa shape index (κ3) is 5.63. The van der Waals surface area contributed by atoms with E-state index < -0.39 is 48.6 Å². The zero-order valence-electron chi connectivity index (χ0n) is 19.8. The fourth-order valence-corrected chi connectivity index (χ4v) is 6.59. The van der Waals surface area contributed by atoms with Crippen molar-refractivity contribution < 1.29 is 44.6 Å². The molecule has 38 heavy (non-hydrogen) atoms. The van der Waals surface area contributed by atoms with Crippen LogP contribution in [0, 0.1) is 0 Å². The molecule has 0 bridgehead atoms. The van der Waals surface area contributed by atoms with Gasteiger partial charge in [0, 0.05) is 18.2 Å². The van der Waals surface area contributed by atoms with E-state index in [2.05, 4.69) is 0 Å². The summed E-state index contributed by atoms with van der Waals surface area (Å²) in [5, 5.41) is 9.06. The predicted octanol–water partition coefficient (Wildman–Crippen LogP) is 4.60. The van der Waals surface area contributed by atoms with Crippen molar-refractivity contribution in [3.05, 3.63) is 72.3 Å². The SMILES string of the molecule is CS(=O)(=O)c1ccccc1-c1ccc2c(c1)N(S(=O)(=O)c1cccc(C(F)(F)F)c1)CC(CCC(=O)O)O2. The van der Waals surface area contributed by atoms with Gasteiger partial charge in [-0.15, -0.1) is 0 Å². The molecule has 0 fully saturated rings. The first-order chi connectivity index (χ1) is 17.7. The number of rotatable bonds is 7. The fraction of sp³-hybridized carbons (Fsp3) is 0.240. The van der Waals surface area contributed by atoms with Crippen molar-refractivity contribution in [1.29, 1.82) is 0 Å². The maximum Gasteiger partial charge on any atom is 0.416 e. The van der Waals surface area contributed by atoms with E-state index in [9.17, 15) is 34.8 Å². The molecule has 1 atom stereocenters. The summed E-state index contributed by atoms with van der Waals surface area (Å²) in [5.74, 6) is -1.07. The number of nitrogens with zero attached hydrogens (tertiary/aromatic N) is 1. The van der Waals surface area contributed by atoms with Crippen molar-refractivity contribution in [3.8, 4) is 16.9 Å². The third-order valence-electron chi connectivity index (χ3n) is 5.92. The zero-order valence-corrected chi connectivity index (χ0v) is 21.5. The second-order valence-corrected chi connectivity index (χ2v) is 12.5. The maximum atomic E-state index is 13.7. The minimum Gasteiger partial charge on any atom is -0.486 e. The standard InChI is InChI=1S/C25H22F3NO7S2/c1-37(32,33)23-8-3-2-7-20(23)16-9-11-22-21(13-16)29(15-18(36-22)10-12-24(30)31)38(34,35)19-6-4-5-17(14-19)25(26,27)28/h2-9,11,13-14,18H,10,12,15H2,1H3,(H,30,31). The van der Waals surface area contributed by atoms with E-state index in [0.29, 0.717) is 17.2 Å². The van der Waals surface area contributed by atoms with Gasteiger partial charge in [-0.3, -0.25) is 9.10 Å². The van der Waals surface area contributed by atoms with Crippen molar-refractivity contribution in [1.82, 2.24) is 0 Å². The van der Waals surface area contributed by atoms with Gasteiger partial charge in [-0.1, -0.05) is 30.3 Å². The molecule has 0 amide bonds. The molecule has 0 aromatic heterocycles. The van der Waals surface area contributed by atoms with Crippen LogP contribution in [0.15, 0.2) is 76.5 Å². The predicted molar refractivity (Wildman–Crippen MR) is 132 cm³/mol. The summed E-state index contributed by atoms with van der Waals surface area (Å²) in [6.45, 7) is -0.365. The zero-order chi connectivity index (χ0) is 27.9. The van der Waals surface area contributed by atoms with Crippen LogP contribution in [0.1, 0.15) is 18.4 Å². The normalized spacial score (nSPS) is 16.0. The number of sulfone groups is 1. The third-order valence-corrected chi connectivity index (χ3v) is 8.85. The van der Waals surface area contributed by atoms with Gasteiger partial charge in [-0.2, -0.15) is 13.2 Å². The number of aliphatic carboxylic acids is 1. The highest BCUT2D eigenvalue weighted by atomic mass is 32.2. The van der Waals surface area contributed by atoms with Crippen LogP contribution in [0.5, 0.6) is 5.75 Å². The van der Waals surface area contributed by atoms with Gasteiger partial charge in [0.05, 0.1) is 27.6 Å². The lowest BCUT2D eigenvalue weighted by Crippen LogP contribution is -2.43. The summed E-state index contributed by atoms with van der Waals surface area (Å²) in [6.07, 6.45) is -5.01. The van der Waals surface area contributed by atoms with Crippen LogP contribution in [-0.4, -0.2) is 46.8 Å². The number of carboxylic acid groups (broad SMARTS) is 1. The second-order valence-electron chi connectivity index (χ2n) is 8.68. The second kappa shape index (κ2) is 9.95. The summed E-state index contributed by atoms with van der Waals surface area (Å²) in [7, 11) is -8.24. The molecule has 1 unspecified atom stereocenters. The van der Waals surface area contributed by atoms with E-state index in [1.165, 1.54) is 24.3 Å². The van der Waals surface area contributed by atoms with E-state index in [0.717, 1.165) is 28.8 Å². The lowest BCUT2D eigenvalue weighted by molar-refractivity contribution is -0.138. The summed E-state index contributed by atoms with van der Waals surface area (Å²) in [6, 6.07) is 13.7. The molecule has 3 aromatic rings. The smallest absolute Gasteiger partial charge is 0.416 e. The summed E-state index contributed by atoms with van der Waals surface area (Å²) >= 11 is 0. The Morgan fingerprint density at radius 1 is 1.03 bits per heavy atom. The molecule has 0 spiro atoms. The fourth-order valence-electron chi connectivity index (χ4n) is 4.13. The Morgan fingerprint density at radius 2 is 1.74 bits per heavy atom. The first-order valence-electron chi connectivity index (χ1n) is 11.2. The molecule has 0 saturated carbocycles. The molecule has 4 rings (SSSR count). The Labute approximate surface area is 217 Å². The molecule has 1 heterocycles. The van der Waals surface area contributed by atoms with Gasteiger partial charge in [0.15, 0.2) is 9.84 Å². The van der Waals surface area contributed by atoms with Gasteiger partial charge in [0.25, 0.3) is 10.0 Å². The molecule has 8 nitrogen and oxygen atoms in total. The Balaban J connectivity index is 1.87. The summed E-state index contributed by atoms with van der Waals surface area (Å²) in [4.78, 5) is 10.5. The Morgan fingerprint density at radius 3 is 2.39 bits per heavy atom. The molecule has 1 N–H and O–H groups in total. The van der Waals surface area contributed by atoms with Crippen LogP contribution in [0.25, 0.3) is 11.1 Å². The minimum atomic E-state index is -4.78. The van der Waals surface area contributed by atoms with Gasteiger partial charge >= 0.3 is 12.1 Å². The van der Waals surface area contributed by atoms with E-state index in [1.807, 2.05) is 0 Å². The van der Waals surface area contributed by atoms with Gasteiger partial charge in [0.2, 0.25) is 0 Å². The number of sulfonamides is 1. The highest BCUT2D eigenvalue weighted by molar-refractivity contribution is 7.92. The number of ether oxygens (including phenoxy) is 1. The van der Waals surface area contributed by atoms with Crippen LogP contribution in [0.4, 0.5) is 18.9 Å². The minimum absolute atomic E-state index is 0.00305. The molecule has 0 saturated heterocycles. The number of carboxylic acids is 1. The van der Waals surface area contributed by atoms with Gasteiger partial charge in [-0.05, 0) is 48.4 Å². The van der Waals surface area contributed by atoms with Gasteiger partial charge in [-0.25, -0.2) is 16.8 Å². The molecule has 0 aliphatic carbocycles. The van der Waals surface area contributed by atoms with Crippen molar-refractivity contribution >= 4 is 31.5 Å². The van der Waals surface area contributed by atoms with Crippen molar-refractivity contribution in [2.24, 2.45) is 0 Å². The number of benzene rings is 3. The van der Waals surface area contributed by atoms with Crippen LogP contribution < -0.4 is 9.04 Å². The van der Waals surface area contributed by atoms with Gasteiger partial charge in [0.1, 0.15) is 11.9 Å². The molecular formula is C25H22F3NO7S2. The topological polar surface area (TPSA) is 118 Å². The first-order valence-corrected chi connectivity index (χ1v) is 14.5. The molecule has 13 heteroatoms. The molecule has 3 aromatic carbocycles. The largest absolute Gasteiger partial charge is 0.486 e. The van der Waals surface area contributed by atoms with E-state index in [-0.39, 0.29) is 35.7 Å². The summed E-state index contributed by atoms with van der Waals surface area (Å²) < 4.78 is 98.7. The molecule has 1 aliphatic heterocycles. The lowest BCUT2D eigenvalue weighted by Gasteiger charge is -2.36. The number of hydrogen-bond acceptors (Lipinski definition) is 6. The van der Waals surface area contributed by atoms with Crippen LogP contribution in [0.3, 0.4) is 0 Å². The van der Waals surface area contributed by atoms with Crippen molar-refractivity contribution in [2.45, 2.75) is 34.9 Å². The first kappa shape index (κ1) is 27.5. The Bertz CT molecular complexity index is 1600. The Hall–Kier alpha value is -3.58. The maximum absolute atomic E-state index is 13.7. The number of carbonyl (C=O) groups is 1. The number of anilines is 1. The Kier molecular flexibility index (Phi) is 7.19. The van der Waals surface area contributed by atoms with E-state index in [1.54, 1.807) is 18.2 Å². The average molecular weight is 570 g/mol. The summed E-state index contributed by atoms with van der Waals surface area (Å²) in [5.41, 5.74) is -0.538. The lowest BCUT2D eigenvalue weighted by atomic mass is 10.0. The van der Waals surface area contributed by atoms with E-state index >= 15 is 0 Å². The average Bonchev–Trinajstić information content (AvgIpc) is 2.85. The molecular weight excluding hydrogens is 547 g/mol. The van der Waals surface area contributed by atoms with Crippen LogP contribution in [-0.2, 0) is 30.8 Å². The number of fused-ring (bicyclic) bond motifs is 1. The number of hydrogen-bond donors (Lipinski definition) is 1. The van der Waals surface area contributed by atoms with E-state index in [4.69, 9.17) is 9.84 Å². The molecule has 0 radical (unpaired) electrons. The molecule has 202 valence electrons. The van der Waals surface area contributed by atoms with Crippen molar-refractivity contribution in [2.75, 3.05) is 17.1 Å². The molecule has 1 aliphatic rings. The van der Waals surface area contributed by atoms with Crippen LogP contribution >= 0.6 is 0 Å². The highest BCUT2D eigenvalue weighted by Gasteiger charge is 2.37. The monoisotopic (exact) mass is 569 g/mol. The van der Waals surface area contributed by atoms with Crippen molar-refractivity contribution in [3.63, 3.8) is 0 Å². The highest BCUT2D eigenvalue weighted by Crippen LogP contribution is 2.42. The van der Waals surface area contributed by atoms with Crippen LogP contribution in [0.2, 0.25) is 0 Å². The number of alkyl halides is 3. The van der Waals surface area contributed by atoms with Gasteiger partial charge < -0.3 is 9.84 Å².